The number of hydrogen-bond donors (Lipinski definition) is 0. The predicted octanol–water partition coefficient (Wildman–Crippen LogP) is 3.71. The van der Waals surface area contributed by atoms with Gasteiger partial charge in [0.2, 0.25) is 0 Å². The molecule has 0 bridgehead atoms. The molecule has 2 nitrogen and oxygen atoms in total. The van der Waals surface area contributed by atoms with Gasteiger partial charge in [0.15, 0.2) is 0 Å². The molecule has 0 aromatic heterocycles. The van der Waals surface area contributed by atoms with Crippen LogP contribution in [0.5, 0.6) is 0 Å². The van der Waals surface area contributed by atoms with Crippen molar-refractivity contribution in [2.45, 2.75) is 52.4 Å². The summed E-state index contributed by atoms with van der Waals surface area (Å²) in [7, 11) is 0. The van der Waals surface area contributed by atoms with Crippen LogP contribution in [0.25, 0.3) is 0 Å². The maximum absolute atomic E-state index is 11.6. The molecule has 0 aliphatic heterocycles. The Bertz CT molecular complexity index is 241. The van der Waals surface area contributed by atoms with E-state index in [1.807, 2.05) is 13.0 Å². The molecule has 0 N–H and O–H groups in total. The van der Waals surface area contributed by atoms with Crippen molar-refractivity contribution in [3.8, 4) is 0 Å². The normalized spacial score (nSPS) is 21.1. The van der Waals surface area contributed by atoms with Gasteiger partial charge in [-0.2, -0.15) is 0 Å². The van der Waals surface area contributed by atoms with Crippen LogP contribution in [0.15, 0.2) is 12.7 Å². The Morgan fingerprint density at radius 3 is 2.56 bits per heavy atom. The van der Waals surface area contributed by atoms with Gasteiger partial charge in [-0.15, -0.1) is 6.58 Å². The van der Waals surface area contributed by atoms with Crippen LogP contribution < -0.4 is 0 Å². The van der Waals surface area contributed by atoms with Gasteiger partial charge in [-0.05, 0) is 31.1 Å². The van der Waals surface area contributed by atoms with Gasteiger partial charge >= 0.3 is 5.97 Å². The quantitative estimate of drug-likeness (QED) is 0.525. The van der Waals surface area contributed by atoms with E-state index in [9.17, 15) is 4.79 Å². The lowest BCUT2D eigenvalue weighted by molar-refractivity contribution is -0.145. The molecule has 0 aromatic carbocycles. The summed E-state index contributed by atoms with van der Waals surface area (Å²) in [5.41, 5.74) is -0.0767. The first-order valence-electron chi connectivity index (χ1n) is 6.41. The van der Waals surface area contributed by atoms with Crippen molar-refractivity contribution in [3.05, 3.63) is 12.7 Å². The fourth-order valence-electron chi connectivity index (χ4n) is 2.67. The standard InChI is InChI=1S/C14H24O2/c1-4-14(3,11-13(15)16-5-2)12-9-7-6-8-10-12/h4,12H,1,5-11H2,2-3H3. The van der Waals surface area contributed by atoms with Crippen molar-refractivity contribution in [2.24, 2.45) is 11.3 Å². The van der Waals surface area contributed by atoms with Gasteiger partial charge < -0.3 is 4.74 Å². The zero-order chi connectivity index (χ0) is 12.0. The van der Waals surface area contributed by atoms with Crippen molar-refractivity contribution < 1.29 is 9.53 Å². The second-order valence-electron chi connectivity index (χ2n) is 5.03. The van der Waals surface area contributed by atoms with Gasteiger partial charge in [0.05, 0.1) is 13.0 Å². The van der Waals surface area contributed by atoms with Crippen molar-refractivity contribution in [1.29, 1.82) is 0 Å². The lowest BCUT2D eigenvalue weighted by atomic mass is 9.68. The minimum atomic E-state index is -0.0875. The number of carbonyl (C=O) groups excluding carboxylic acids is 1. The van der Waals surface area contributed by atoms with E-state index < -0.39 is 0 Å². The number of ether oxygens (including phenoxy) is 1. The van der Waals surface area contributed by atoms with E-state index in [0.29, 0.717) is 18.9 Å². The molecule has 0 radical (unpaired) electrons. The van der Waals surface area contributed by atoms with Gasteiger partial charge in [-0.3, -0.25) is 4.79 Å². The Morgan fingerprint density at radius 1 is 1.44 bits per heavy atom. The Hall–Kier alpha value is -0.790. The number of hydrogen-bond acceptors (Lipinski definition) is 2. The van der Waals surface area contributed by atoms with Crippen LogP contribution in [0.1, 0.15) is 52.4 Å². The summed E-state index contributed by atoms with van der Waals surface area (Å²) < 4.78 is 5.04. The number of esters is 1. The van der Waals surface area contributed by atoms with Gasteiger partial charge in [0, 0.05) is 0 Å². The Morgan fingerprint density at radius 2 is 2.06 bits per heavy atom. The SMILES string of the molecule is C=CC(C)(CC(=O)OCC)C1CCCCC1. The number of rotatable bonds is 5. The molecule has 92 valence electrons. The molecule has 1 aliphatic rings. The molecule has 0 saturated heterocycles. The van der Waals surface area contributed by atoms with E-state index in [1.165, 1.54) is 32.1 Å². The van der Waals surface area contributed by atoms with Crippen LogP contribution in [0, 0.1) is 11.3 Å². The van der Waals surface area contributed by atoms with E-state index in [1.54, 1.807) is 0 Å². The highest BCUT2D eigenvalue weighted by molar-refractivity contribution is 5.70. The summed E-state index contributed by atoms with van der Waals surface area (Å²) in [6, 6.07) is 0. The molecule has 0 spiro atoms. The summed E-state index contributed by atoms with van der Waals surface area (Å²) >= 11 is 0. The fraction of sp³-hybridized carbons (Fsp3) is 0.786. The third-order valence-electron chi connectivity index (χ3n) is 3.83. The monoisotopic (exact) mass is 224 g/mol. The molecule has 16 heavy (non-hydrogen) atoms. The van der Waals surface area contributed by atoms with Crippen molar-refractivity contribution in [3.63, 3.8) is 0 Å². The van der Waals surface area contributed by atoms with Gasteiger partial charge in [0.1, 0.15) is 0 Å². The zero-order valence-corrected chi connectivity index (χ0v) is 10.6. The molecule has 1 atom stereocenters. The number of carbonyl (C=O) groups is 1. The van der Waals surface area contributed by atoms with Crippen LogP contribution in [0.4, 0.5) is 0 Å². The lowest BCUT2D eigenvalue weighted by Crippen LogP contribution is -2.30. The van der Waals surface area contributed by atoms with Crippen molar-refractivity contribution in [2.75, 3.05) is 6.61 Å². The molecule has 1 aliphatic carbocycles. The summed E-state index contributed by atoms with van der Waals surface area (Å²) in [6.07, 6.45) is 8.80. The fourth-order valence-corrected chi connectivity index (χ4v) is 2.67. The van der Waals surface area contributed by atoms with Gasteiger partial charge in [0.25, 0.3) is 0 Å². The Labute approximate surface area is 99.1 Å². The largest absolute Gasteiger partial charge is 0.466 e. The predicted molar refractivity (Wildman–Crippen MR) is 66.1 cm³/mol. The van der Waals surface area contributed by atoms with Crippen LogP contribution in [0.2, 0.25) is 0 Å². The lowest BCUT2D eigenvalue weighted by Gasteiger charge is -2.37. The Kier molecular flexibility index (Phi) is 5.04. The smallest absolute Gasteiger partial charge is 0.306 e. The number of allylic oxidation sites excluding steroid dienone is 1. The summed E-state index contributed by atoms with van der Waals surface area (Å²) in [5, 5.41) is 0. The summed E-state index contributed by atoms with van der Waals surface area (Å²) in [6.45, 7) is 8.38. The molecule has 1 unspecified atom stereocenters. The summed E-state index contributed by atoms with van der Waals surface area (Å²) in [4.78, 5) is 11.6. The van der Waals surface area contributed by atoms with Gasteiger partial charge in [-0.1, -0.05) is 32.3 Å². The van der Waals surface area contributed by atoms with Crippen molar-refractivity contribution in [1.82, 2.24) is 0 Å². The molecule has 0 aromatic rings. The third kappa shape index (κ3) is 3.36. The maximum Gasteiger partial charge on any atom is 0.306 e. The Balaban J connectivity index is 2.60. The second-order valence-corrected chi connectivity index (χ2v) is 5.03. The van der Waals surface area contributed by atoms with E-state index in [4.69, 9.17) is 4.74 Å². The highest BCUT2D eigenvalue weighted by Gasteiger charge is 2.34. The minimum absolute atomic E-state index is 0.0767. The van der Waals surface area contributed by atoms with Gasteiger partial charge in [-0.25, -0.2) is 0 Å². The first-order valence-corrected chi connectivity index (χ1v) is 6.41. The van der Waals surface area contributed by atoms with E-state index in [0.717, 1.165) is 0 Å². The van der Waals surface area contributed by atoms with Crippen molar-refractivity contribution >= 4 is 5.97 Å². The minimum Gasteiger partial charge on any atom is -0.466 e. The van der Waals surface area contributed by atoms with Crippen LogP contribution in [-0.2, 0) is 9.53 Å². The first-order chi connectivity index (χ1) is 7.62. The van der Waals surface area contributed by atoms with E-state index in [2.05, 4.69) is 13.5 Å². The average molecular weight is 224 g/mol. The molecule has 0 heterocycles. The van der Waals surface area contributed by atoms with E-state index >= 15 is 0 Å². The molecule has 1 saturated carbocycles. The average Bonchev–Trinajstić information content (AvgIpc) is 2.30. The van der Waals surface area contributed by atoms with E-state index in [-0.39, 0.29) is 11.4 Å². The molecule has 1 rings (SSSR count). The second kappa shape index (κ2) is 6.07. The topological polar surface area (TPSA) is 26.3 Å². The first kappa shape index (κ1) is 13.3. The third-order valence-corrected chi connectivity index (χ3v) is 3.83. The molecular formula is C14H24O2. The maximum atomic E-state index is 11.6. The zero-order valence-electron chi connectivity index (χ0n) is 10.6. The summed E-state index contributed by atoms with van der Waals surface area (Å²) in [5.74, 6) is 0.513. The molecular weight excluding hydrogens is 200 g/mol. The highest BCUT2D eigenvalue weighted by Crippen LogP contribution is 2.41. The molecule has 2 heteroatoms. The van der Waals surface area contributed by atoms with Crippen LogP contribution in [0.3, 0.4) is 0 Å². The highest BCUT2D eigenvalue weighted by atomic mass is 16.5. The molecule has 0 amide bonds. The molecule has 1 fully saturated rings. The van der Waals surface area contributed by atoms with Crippen LogP contribution >= 0.6 is 0 Å². The van der Waals surface area contributed by atoms with Crippen LogP contribution in [-0.4, -0.2) is 12.6 Å².